The molecular formula is C14H21N3O3. The number of nitrogens with zero attached hydrogens (tertiary/aromatic N) is 1. The van der Waals surface area contributed by atoms with Crippen LogP contribution in [0, 0.1) is 0 Å². The first-order valence-corrected chi connectivity index (χ1v) is 6.67. The molecule has 2 unspecified atom stereocenters. The summed E-state index contributed by atoms with van der Waals surface area (Å²) >= 11 is 0. The molecule has 1 aromatic rings. The zero-order chi connectivity index (χ0) is 15.0. The van der Waals surface area contributed by atoms with Crippen molar-refractivity contribution in [1.29, 1.82) is 0 Å². The number of rotatable bonds is 7. The summed E-state index contributed by atoms with van der Waals surface area (Å²) in [5, 5.41) is 14.2. The summed E-state index contributed by atoms with van der Waals surface area (Å²) in [5.74, 6) is -0.813. The minimum absolute atomic E-state index is 0.0598. The van der Waals surface area contributed by atoms with Gasteiger partial charge in [0.05, 0.1) is 6.04 Å². The monoisotopic (exact) mass is 279 g/mol. The number of hydrogen-bond donors (Lipinski definition) is 3. The van der Waals surface area contributed by atoms with Crippen LogP contribution < -0.4 is 10.6 Å². The van der Waals surface area contributed by atoms with Gasteiger partial charge < -0.3 is 15.7 Å². The maximum atomic E-state index is 11.8. The molecule has 0 fully saturated rings. The van der Waals surface area contributed by atoms with Crippen LogP contribution >= 0.6 is 0 Å². The van der Waals surface area contributed by atoms with Crippen molar-refractivity contribution < 1.29 is 14.7 Å². The van der Waals surface area contributed by atoms with E-state index >= 15 is 0 Å². The second-order valence-electron chi connectivity index (χ2n) is 4.81. The molecule has 1 aromatic heterocycles. The Morgan fingerprint density at radius 1 is 1.35 bits per heavy atom. The van der Waals surface area contributed by atoms with Gasteiger partial charge in [-0.25, -0.2) is 4.79 Å². The Bertz CT molecular complexity index is 437. The number of aliphatic carboxylic acids is 1. The van der Waals surface area contributed by atoms with E-state index in [4.69, 9.17) is 5.11 Å². The number of pyridine rings is 1. The number of hydrogen-bond acceptors (Lipinski definition) is 3. The number of carbonyl (C=O) groups excluding carboxylic acids is 1. The first-order valence-electron chi connectivity index (χ1n) is 6.67. The molecule has 0 saturated heterocycles. The molecule has 0 spiro atoms. The van der Waals surface area contributed by atoms with Gasteiger partial charge in [-0.3, -0.25) is 9.78 Å². The van der Waals surface area contributed by atoms with E-state index in [1.54, 1.807) is 12.4 Å². The first-order chi connectivity index (χ1) is 9.49. The maximum absolute atomic E-state index is 11.8. The van der Waals surface area contributed by atoms with Gasteiger partial charge in [-0.15, -0.1) is 0 Å². The fourth-order valence-corrected chi connectivity index (χ4v) is 1.81. The number of aromatic nitrogens is 1. The molecule has 1 rings (SSSR count). The molecule has 0 aliphatic heterocycles. The standard InChI is InChI=1S/C14H21N3O3/c1-10(5-3-7-13(18)19)16-14(20)17-11(2)12-6-4-8-15-9-12/h4,6,8-11H,3,5,7H2,1-2H3,(H,18,19)(H2,16,17,20). The minimum atomic E-state index is -0.813. The molecule has 20 heavy (non-hydrogen) atoms. The van der Waals surface area contributed by atoms with Crippen LogP contribution in [0.15, 0.2) is 24.5 Å². The Hall–Kier alpha value is -2.11. The van der Waals surface area contributed by atoms with Gasteiger partial charge in [0.2, 0.25) is 0 Å². The third kappa shape index (κ3) is 6.17. The summed E-state index contributed by atoms with van der Waals surface area (Å²) in [7, 11) is 0. The van der Waals surface area contributed by atoms with E-state index in [-0.39, 0.29) is 24.5 Å². The van der Waals surface area contributed by atoms with E-state index < -0.39 is 5.97 Å². The van der Waals surface area contributed by atoms with E-state index in [1.165, 1.54) is 0 Å². The molecular weight excluding hydrogens is 258 g/mol. The normalized spacial score (nSPS) is 13.3. The van der Waals surface area contributed by atoms with E-state index in [0.29, 0.717) is 12.8 Å². The van der Waals surface area contributed by atoms with Crippen molar-refractivity contribution in [3.63, 3.8) is 0 Å². The van der Waals surface area contributed by atoms with Crippen LogP contribution in [0.4, 0.5) is 4.79 Å². The summed E-state index contributed by atoms with van der Waals surface area (Å²) in [4.78, 5) is 26.2. The summed E-state index contributed by atoms with van der Waals surface area (Å²) in [6.45, 7) is 3.74. The predicted octanol–water partition coefficient (Wildman–Crippen LogP) is 2.09. The lowest BCUT2D eigenvalue weighted by molar-refractivity contribution is -0.137. The van der Waals surface area contributed by atoms with Crippen molar-refractivity contribution in [2.24, 2.45) is 0 Å². The smallest absolute Gasteiger partial charge is 0.315 e. The lowest BCUT2D eigenvalue weighted by Gasteiger charge is -2.18. The molecule has 6 nitrogen and oxygen atoms in total. The van der Waals surface area contributed by atoms with Crippen molar-refractivity contribution in [1.82, 2.24) is 15.6 Å². The molecule has 0 aliphatic carbocycles. The highest BCUT2D eigenvalue weighted by atomic mass is 16.4. The Balaban J connectivity index is 2.30. The number of urea groups is 1. The van der Waals surface area contributed by atoms with Crippen molar-refractivity contribution >= 4 is 12.0 Å². The second-order valence-corrected chi connectivity index (χ2v) is 4.81. The molecule has 3 N–H and O–H groups in total. The third-order valence-corrected chi connectivity index (χ3v) is 2.94. The molecule has 2 amide bonds. The molecule has 0 aromatic carbocycles. The average molecular weight is 279 g/mol. The lowest BCUT2D eigenvalue weighted by Crippen LogP contribution is -2.41. The predicted molar refractivity (Wildman–Crippen MR) is 75.3 cm³/mol. The molecule has 0 bridgehead atoms. The van der Waals surface area contributed by atoms with E-state index in [1.807, 2.05) is 26.0 Å². The highest BCUT2D eigenvalue weighted by Crippen LogP contribution is 2.09. The van der Waals surface area contributed by atoms with Crippen molar-refractivity contribution in [3.05, 3.63) is 30.1 Å². The lowest BCUT2D eigenvalue weighted by atomic mass is 10.1. The van der Waals surface area contributed by atoms with Gasteiger partial charge in [-0.1, -0.05) is 6.07 Å². The Kier molecular flexibility index (Phi) is 6.49. The van der Waals surface area contributed by atoms with Crippen LogP contribution in [0.2, 0.25) is 0 Å². The fraction of sp³-hybridized carbons (Fsp3) is 0.500. The zero-order valence-electron chi connectivity index (χ0n) is 11.8. The van der Waals surface area contributed by atoms with Gasteiger partial charge in [0.15, 0.2) is 0 Å². The van der Waals surface area contributed by atoms with Crippen molar-refractivity contribution in [2.45, 2.75) is 45.2 Å². The molecule has 110 valence electrons. The van der Waals surface area contributed by atoms with Crippen LogP contribution in [0.3, 0.4) is 0 Å². The van der Waals surface area contributed by atoms with E-state index in [2.05, 4.69) is 15.6 Å². The van der Waals surface area contributed by atoms with Gasteiger partial charge in [-0.2, -0.15) is 0 Å². The van der Waals surface area contributed by atoms with E-state index in [9.17, 15) is 9.59 Å². The number of carbonyl (C=O) groups is 2. The van der Waals surface area contributed by atoms with Crippen molar-refractivity contribution in [2.75, 3.05) is 0 Å². The average Bonchev–Trinajstić information content (AvgIpc) is 2.38. The molecule has 0 aliphatic rings. The van der Waals surface area contributed by atoms with Gasteiger partial charge >= 0.3 is 12.0 Å². The van der Waals surface area contributed by atoms with Gasteiger partial charge in [-0.05, 0) is 38.3 Å². The second kappa shape index (κ2) is 8.14. The highest BCUT2D eigenvalue weighted by molar-refractivity contribution is 5.74. The van der Waals surface area contributed by atoms with Gasteiger partial charge in [0, 0.05) is 24.9 Å². The van der Waals surface area contributed by atoms with Crippen molar-refractivity contribution in [3.8, 4) is 0 Å². The van der Waals surface area contributed by atoms with Crippen LogP contribution in [-0.4, -0.2) is 28.1 Å². The number of carboxylic acid groups (broad SMARTS) is 1. The number of carboxylic acids is 1. The minimum Gasteiger partial charge on any atom is -0.481 e. The largest absolute Gasteiger partial charge is 0.481 e. The summed E-state index contributed by atoms with van der Waals surface area (Å²) < 4.78 is 0. The number of amides is 2. The molecule has 0 radical (unpaired) electrons. The van der Waals surface area contributed by atoms with Crippen LogP contribution in [0.1, 0.15) is 44.7 Å². The first kappa shape index (κ1) is 15.9. The van der Waals surface area contributed by atoms with Crippen LogP contribution in [-0.2, 0) is 4.79 Å². The van der Waals surface area contributed by atoms with Crippen LogP contribution in [0.25, 0.3) is 0 Å². The van der Waals surface area contributed by atoms with Gasteiger partial charge in [0.1, 0.15) is 0 Å². The molecule has 1 heterocycles. The molecule has 6 heteroatoms. The third-order valence-electron chi connectivity index (χ3n) is 2.94. The summed E-state index contributed by atoms with van der Waals surface area (Å²) in [6, 6.07) is 3.27. The Labute approximate surface area is 118 Å². The quantitative estimate of drug-likeness (QED) is 0.712. The van der Waals surface area contributed by atoms with E-state index in [0.717, 1.165) is 5.56 Å². The Morgan fingerprint density at radius 3 is 2.70 bits per heavy atom. The molecule has 2 atom stereocenters. The topological polar surface area (TPSA) is 91.3 Å². The van der Waals surface area contributed by atoms with Gasteiger partial charge in [0.25, 0.3) is 0 Å². The molecule has 0 saturated carbocycles. The summed E-state index contributed by atoms with van der Waals surface area (Å²) in [6.07, 6.45) is 4.71. The SMILES string of the molecule is CC(CCCC(=O)O)NC(=O)NC(C)c1cccnc1. The maximum Gasteiger partial charge on any atom is 0.315 e. The highest BCUT2D eigenvalue weighted by Gasteiger charge is 2.12. The number of nitrogens with one attached hydrogen (secondary N) is 2. The fourth-order valence-electron chi connectivity index (χ4n) is 1.81. The summed E-state index contributed by atoms with van der Waals surface area (Å²) in [5.41, 5.74) is 0.932. The zero-order valence-corrected chi connectivity index (χ0v) is 11.8. The van der Waals surface area contributed by atoms with Crippen LogP contribution in [0.5, 0.6) is 0 Å². The Morgan fingerprint density at radius 2 is 2.10 bits per heavy atom.